The Balaban J connectivity index is 0.0000102. The lowest BCUT2D eigenvalue weighted by atomic mass is 9.98. The quantitative estimate of drug-likeness (QED) is 0.0852. The van der Waals surface area contributed by atoms with Crippen molar-refractivity contribution >= 4 is 23.9 Å². The predicted octanol–water partition coefficient (Wildman–Crippen LogP) is -3.20. The van der Waals surface area contributed by atoms with Gasteiger partial charge in [-0.05, 0) is 5.92 Å². The van der Waals surface area contributed by atoms with Crippen molar-refractivity contribution in [2.75, 3.05) is 40.4 Å². The summed E-state index contributed by atoms with van der Waals surface area (Å²) in [5, 5.41) is 0. The van der Waals surface area contributed by atoms with E-state index in [1.165, 1.54) is 13.8 Å². The molecule has 0 aromatic carbocycles. The fourth-order valence-corrected chi connectivity index (χ4v) is 3.07. The minimum Gasteiger partial charge on any atom is -1.00 e. The molecule has 1 rings (SSSR count). The normalized spacial score (nSPS) is 24.5. The molecule has 1 aliphatic heterocycles. The number of likely N-dealkylation sites (N-methyl/N-ethyl adjacent to an activating group) is 1. The van der Waals surface area contributed by atoms with E-state index in [0.29, 0.717) is 17.6 Å². The van der Waals surface area contributed by atoms with Crippen LogP contribution in [0.2, 0.25) is 0 Å². The van der Waals surface area contributed by atoms with Crippen LogP contribution in [0.15, 0.2) is 0 Å². The molecule has 0 unspecified atom stereocenters. The first-order valence-corrected chi connectivity index (χ1v) is 10.0. The number of nitrogens with zero attached hydrogens (tertiary/aromatic N) is 1. The van der Waals surface area contributed by atoms with Gasteiger partial charge < -0.3 is 56.9 Å². The maximum Gasteiger partial charge on any atom is 0.303 e. The van der Waals surface area contributed by atoms with E-state index < -0.39 is 54.6 Å². The van der Waals surface area contributed by atoms with Gasteiger partial charge in [0.15, 0.2) is 24.6 Å². The van der Waals surface area contributed by atoms with E-state index in [9.17, 15) is 19.2 Å². The van der Waals surface area contributed by atoms with E-state index in [4.69, 9.17) is 34.8 Å². The summed E-state index contributed by atoms with van der Waals surface area (Å²) in [5.41, 5.74) is 0. The lowest BCUT2D eigenvalue weighted by Crippen LogP contribution is -3.00. The smallest absolute Gasteiger partial charge is 0.303 e. The molecule has 5 atom stereocenters. The molecule has 0 aromatic rings. The van der Waals surface area contributed by atoms with Crippen LogP contribution in [0.25, 0.3) is 0 Å². The highest BCUT2D eigenvalue weighted by Crippen LogP contribution is 2.30. The highest BCUT2D eigenvalue weighted by molar-refractivity contribution is 5.68. The molecule has 1 aliphatic rings. The van der Waals surface area contributed by atoms with E-state index in [-0.39, 0.29) is 37.2 Å². The van der Waals surface area contributed by atoms with Crippen molar-refractivity contribution in [3.05, 3.63) is 0 Å². The molecule has 1 fully saturated rings. The first-order chi connectivity index (χ1) is 14.9. The van der Waals surface area contributed by atoms with E-state index in [2.05, 4.69) is 5.92 Å². The van der Waals surface area contributed by atoms with E-state index in [1.807, 2.05) is 14.1 Å². The highest BCUT2D eigenvalue weighted by Gasteiger charge is 2.52. The molecular weight excluding hydrogens is 553 g/mol. The fourth-order valence-electron chi connectivity index (χ4n) is 3.07. The van der Waals surface area contributed by atoms with Crippen molar-refractivity contribution in [3.8, 4) is 12.3 Å². The molecule has 0 amide bonds. The van der Waals surface area contributed by atoms with Crippen LogP contribution in [0.3, 0.4) is 0 Å². The van der Waals surface area contributed by atoms with Gasteiger partial charge in [-0.2, -0.15) is 0 Å². The van der Waals surface area contributed by atoms with Gasteiger partial charge in [-0.25, -0.2) is 0 Å². The third kappa shape index (κ3) is 11.1. The molecule has 0 aromatic heterocycles. The average molecular weight is 585 g/mol. The van der Waals surface area contributed by atoms with Crippen molar-refractivity contribution in [2.45, 2.75) is 58.4 Å². The van der Waals surface area contributed by atoms with E-state index in [0.717, 1.165) is 13.8 Å². The number of esters is 4. The standard InChI is InChI=1S/C21H32NO10.HI/c1-8-9-22(6,7)10-11-27-21-20(31-16(5)26)19(30-15(4)25)18(29-14(3)24)17(32-21)12-28-13(2)23;/h1,17-21H,9-12H2,2-7H3;1H/q+1;/p-1/t17-,18-,19+,20-,21-;/m1./s1. The largest absolute Gasteiger partial charge is 1.00 e. The number of halogens is 1. The molecule has 11 nitrogen and oxygen atoms in total. The summed E-state index contributed by atoms with van der Waals surface area (Å²) < 4.78 is 33.1. The zero-order chi connectivity index (χ0) is 24.5. The van der Waals surface area contributed by atoms with Crippen molar-refractivity contribution in [1.82, 2.24) is 0 Å². The van der Waals surface area contributed by atoms with Gasteiger partial charge in [0.1, 0.15) is 25.8 Å². The number of ether oxygens (including phenoxy) is 6. The lowest BCUT2D eigenvalue weighted by Gasteiger charge is -2.44. The number of quaternary nitrogens is 1. The molecule has 188 valence electrons. The first kappa shape index (κ1) is 31.0. The van der Waals surface area contributed by atoms with Crippen LogP contribution >= 0.6 is 0 Å². The molecule has 0 saturated carbocycles. The molecule has 0 spiro atoms. The van der Waals surface area contributed by atoms with Crippen molar-refractivity contribution < 1.29 is 76.1 Å². The zero-order valence-corrected chi connectivity index (χ0v) is 21.9. The number of hydrogen-bond acceptors (Lipinski definition) is 10. The van der Waals surface area contributed by atoms with Gasteiger partial charge in [0.25, 0.3) is 0 Å². The number of hydrogen-bond donors (Lipinski definition) is 0. The highest BCUT2D eigenvalue weighted by atomic mass is 127. The zero-order valence-electron chi connectivity index (χ0n) is 19.7. The maximum atomic E-state index is 11.8. The fraction of sp³-hybridized carbons (Fsp3) is 0.714. The summed E-state index contributed by atoms with van der Waals surface area (Å²) in [4.78, 5) is 46.6. The average Bonchev–Trinajstić information content (AvgIpc) is 2.63. The molecule has 1 heterocycles. The Morgan fingerprint density at radius 2 is 1.39 bits per heavy atom. The van der Waals surface area contributed by atoms with Crippen LogP contribution in [-0.4, -0.2) is 99.5 Å². The minimum absolute atomic E-state index is 0. The SMILES string of the molecule is C#CC[N+](C)(C)CCO[C@@H]1O[C@H](COC(C)=O)[C@@H](OC(C)=O)[C@H](OC(C)=O)[C@H]1OC(C)=O.[I-]. The molecule has 0 bridgehead atoms. The number of carbonyl (C=O) groups is 4. The molecule has 0 N–H and O–H groups in total. The van der Waals surface area contributed by atoms with Gasteiger partial charge in [0.2, 0.25) is 0 Å². The Morgan fingerprint density at radius 3 is 1.88 bits per heavy atom. The lowest BCUT2D eigenvalue weighted by molar-refractivity contribution is -0.883. The van der Waals surface area contributed by atoms with Gasteiger partial charge >= 0.3 is 23.9 Å². The Morgan fingerprint density at radius 1 is 0.879 bits per heavy atom. The summed E-state index contributed by atoms with van der Waals surface area (Å²) in [7, 11) is 3.83. The van der Waals surface area contributed by atoms with Gasteiger partial charge in [-0.1, -0.05) is 0 Å². The van der Waals surface area contributed by atoms with Crippen molar-refractivity contribution in [3.63, 3.8) is 0 Å². The first-order valence-electron chi connectivity index (χ1n) is 10.0. The van der Waals surface area contributed by atoms with Crippen LogP contribution in [0.4, 0.5) is 0 Å². The van der Waals surface area contributed by atoms with Crippen LogP contribution in [0.1, 0.15) is 27.7 Å². The summed E-state index contributed by atoms with van der Waals surface area (Å²) in [6, 6.07) is 0. The molecular formula is C21H32INO10. The second-order valence-electron chi connectivity index (χ2n) is 7.96. The van der Waals surface area contributed by atoms with E-state index >= 15 is 0 Å². The third-order valence-corrected chi connectivity index (χ3v) is 4.45. The van der Waals surface area contributed by atoms with Crippen LogP contribution in [0, 0.1) is 12.3 Å². The van der Waals surface area contributed by atoms with E-state index in [1.54, 1.807) is 0 Å². The van der Waals surface area contributed by atoms with Crippen LogP contribution in [-0.2, 0) is 47.6 Å². The molecule has 33 heavy (non-hydrogen) atoms. The van der Waals surface area contributed by atoms with Crippen LogP contribution < -0.4 is 24.0 Å². The van der Waals surface area contributed by atoms with Gasteiger partial charge in [-0.15, -0.1) is 6.42 Å². The second kappa shape index (κ2) is 14.3. The summed E-state index contributed by atoms with van der Waals surface area (Å²) in [5.74, 6) is -0.0999. The Bertz CT molecular complexity index is 735. The van der Waals surface area contributed by atoms with Crippen molar-refractivity contribution in [2.24, 2.45) is 0 Å². The summed E-state index contributed by atoms with van der Waals surface area (Å²) >= 11 is 0. The molecule has 12 heteroatoms. The number of rotatable bonds is 10. The summed E-state index contributed by atoms with van der Waals surface area (Å²) in [6.07, 6.45) is -0.565. The summed E-state index contributed by atoms with van der Waals surface area (Å²) in [6.45, 7) is 5.48. The monoisotopic (exact) mass is 585 g/mol. The van der Waals surface area contributed by atoms with Gasteiger partial charge in [-0.3, -0.25) is 19.2 Å². The molecule has 0 radical (unpaired) electrons. The maximum absolute atomic E-state index is 11.8. The van der Waals surface area contributed by atoms with Crippen molar-refractivity contribution in [1.29, 1.82) is 0 Å². The Kier molecular flexibility index (Phi) is 13.5. The Hall–Kier alpha value is -1.95. The molecule has 0 aliphatic carbocycles. The minimum atomic E-state index is -1.26. The van der Waals surface area contributed by atoms with Gasteiger partial charge in [0.05, 0.1) is 20.7 Å². The third-order valence-electron chi connectivity index (χ3n) is 4.45. The Labute approximate surface area is 210 Å². The predicted molar refractivity (Wildman–Crippen MR) is 109 cm³/mol. The topological polar surface area (TPSA) is 124 Å². The number of carbonyl (C=O) groups excluding carboxylic acids is 4. The molecule has 1 saturated heterocycles. The second-order valence-corrected chi connectivity index (χ2v) is 7.96. The van der Waals surface area contributed by atoms with Gasteiger partial charge in [0, 0.05) is 27.7 Å². The number of terminal acetylenes is 1. The van der Waals surface area contributed by atoms with Crippen LogP contribution in [0.5, 0.6) is 0 Å².